The highest BCUT2D eigenvalue weighted by Crippen LogP contribution is 2.46. The fourth-order valence-corrected chi connectivity index (χ4v) is 1.31. The predicted molar refractivity (Wildman–Crippen MR) is 52.8 cm³/mol. The van der Waals surface area contributed by atoms with Crippen LogP contribution in [0.25, 0.3) is 0 Å². The number of aromatic nitrogens is 2. The van der Waals surface area contributed by atoms with Crippen LogP contribution in [0.2, 0.25) is 0 Å². The smallest absolute Gasteiger partial charge is 0.319 e. The van der Waals surface area contributed by atoms with Gasteiger partial charge < -0.3 is 10.4 Å². The molecule has 16 heavy (non-hydrogen) atoms. The first-order valence-electron chi connectivity index (χ1n) is 4.65. The Labute approximate surface area is 89.5 Å². The number of aliphatic carboxylic acids is 1. The second-order valence-corrected chi connectivity index (χ2v) is 3.65. The van der Waals surface area contributed by atoms with Gasteiger partial charge >= 0.3 is 5.97 Å². The number of hydrogen-bond donors (Lipinski definition) is 3. The van der Waals surface area contributed by atoms with Crippen molar-refractivity contribution in [2.45, 2.75) is 12.8 Å². The number of carbonyl (C=O) groups is 2. The number of amides is 1. The molecule has 1 heterocycles. The molecular weight excluding hydrogens is 214 g/mol. The van der Waals surface area contributed by atoms with E-state index < -0.39 is 22.9 Å². The van der Waals surface area contributed by atoms with Gasteiger partial charge in [-0.2, -0.15) is 5.10 Å². The molecule has 0 spiro atoms. The number of nitrogens with one attached hydrogen (secondary N) is 2. The molecule has 2 rings (SSSR count). The van der Waals surface area contributed by atoms with Crippen LogP contribution in [-0.4, -0.2) is 27.2 Å². The third-order valence-electron chi connectivity index (χ3n) is 2.51. The van der Waals surface area contributed by atoms with E-state index in [1.807, 2.05) is 0 Å². The molecule has 1 saturated carbocycles. The number of rotatable bonds is 3. The first-order valence-corrected chi connectivity index (χ1v) is 4.65. The Bertz CT molecular complexity index is 483. The van der Waals surface area contributed by atoms with E-state index in [0.717, 1.165) is 0 Å². The lowest BCUT2D eigenvalue weighted by atomic mass is 10.1. The van der Waals surface area contributed by atoms with Gasteiger partial charge in [-0.15, -0.1) is 0 Å². The van der Waals surface area contributed by atoms with E-state index in [0.29, 0.717) is 12.8 Å². The van der Waals surface area contributed by atoms with Crippen LogP contribution in [0.15, 0.2) is 16.9 Å². The third kappa shape index (κ3) is 1.67. The summed E-state index contributed by atoms with van der Waals surface area (Å²) in [5.74, 6) is -1.59. The molecule has 1 aromatic heterocycles. The van der Waals surface area contributed by atoms with Crippen LogP contribution in [0.5, 0.6) is 0 Å². The highest BCUT2D eigenvalue weighted by atomic mass is 16.4. The zero-order valence-electron chi connectivity index (χ0n) is 8.19. The normalized spacial score (nSPS) is 16.5. The van der Waals surface area contributed by atoms with Gasteiger partial charge in [0.05, 0.1) is 0 Å². The van der Waals surface area contributed by atoms with E-state index in [1.54, 1.807) is 0 Å². The number of H-pyrrole nitrogens is 1. The number of hydrogen-bond acceptors (Lipinski definition) is 4. The Kier molecular flexibility index (Phi) is 2.22. The van der Waals surface area contributed by atoms with Crippen LogP contribution in [0, 0.1) is 5.41 Å². The van der Waals surface area contributed by atoms with Gasteiger partial charge in [0, 0.05) is 6.07 Å². The maximum absolute atomic E-state index is 11.6. The summed E-state index contributed by atoms with van der Waals surface area (Å²) in [4.78, 5) is 33.1. The molecule has 0 saturated heterocycles. The maximum Gasteiger partial charge on any atom is 0.319 e. The lowest BCUT2D eigenvalue weighted by molar-refractivity contribution is -0.147. The Morgan fingerprint density at radius 2 is 2.12 bits per heavy atom. The largest absolute Gasteiger partial charge is 0.480 e. The lowest BCUT2D eigenvalue weighted by Crippen LogP contribution is -2.31. The highest BCUT2D eigenvalue weighted by molar-refractivity contribution is 6.10. The minimum atomic E-state index is -1.31. The molecule has 84 valence electrons. The predicted octanol–water partition coefficient (Wildman–Crippen LogP) is -0.427. The molecule has 0 radical (unpaired) electrons. The zero-order chi connectivity index (χ0) is 11.8. The summed E-state index contributed by atoms with van der Waals surface area (Å²) in [6.45, 7) is 0. The molecule has 0 aromatic carbocycles. The topological polar surface area (TPSA) is 112 Å². The summed E-state index contributed by atoms with van der Waals surface area (Å²) in [6, 6.07) is 2.51. The van der Waals surface area contributed by atoms with Crippen molar-refractivity contribution in [3.05, 3.63) is 22.5 Å². The van der Waals surface area contributed by atoms with E-state index in [2.05, 4.69) is 15.5 Å². The molecule has 7 nitrogen and oxygen atoms in total. The summed E-state index contributed by atoms with van der Waals surface area (Å²) in [7, 11) is 0. The second-order valence-electron chi connectivity index (χ2n) is 3.65. The van der Waals surface area contributed by atoms with Crippen LogP contribution in [0.1, 0.15) is 12.8 Å². The first-order chi connectivity index (χ1) is 7.54. The van der Waals surface area contributed by atoms with Crippen LogP contribution in [-0.2, 0) is 9.59 Å². The van der Waals surface area contributed by atoms with Crippen molar-refractivity contribution < 1.29 is 14.7 Å². The van der Waals surface area contributed by atoms with E-state index >= 15 is 0 Å². The Balaban J connectivity index is 2.11. The second kappa shape index (κ2) is 3.44. The molecule has 1 amide bonds. The number of nitrogens with zero attached hydrogens (tertiary/aromatic N) is 1. The molecule has 1 fully saturated rings. The summed E-state index contributed by atoms with van der Waals surface area (Å²) in [5, 5.41) is 16.9. The summed E-state index contributed by atoms with van der Waals surface area (Å²) in [6.07, 6.45) is 0.662. The van der Waals surface area contributed by atoms with Gasteiger partial charge in [0.15, 0.2) is 5.82 Å². The van der Waals surface area contributed by atoms with Gasteiger partial charge in [-0.1, -0.05) is 0 Å². The van der Waals surface area contributed by atoms with Gasteiger partial charge in [-0.25, -0.2) is 5.10 Å². The van der Waals surface area contributed by atoms with Crippen molar-refractivity contribution in [1.82, 2.24) is 10.2 Å². The number of carbonyl (C=O) groups excluding carboxylic acids is 1. The average molecular weight is 223 g/mol. The number of anilines is 1. The van der Waals surface area contributed by atoms with E-state index in [1.165, 1.54) is 12.1 Å². The molecular formula is C9H9N3O4. The van der Waals surface area contributed by atoms with E-state index in [-0.39, 0.29) is 5.82 Å². The van der Waals surface area contributed by atoms with Gasteiger partial charge in [0.2, 0.25) is 5.91 Å². The molecule has 0 bridgehead atoms. The Hall–Kier alpha value is -2.18. The number of aromatic amines is 1. The van der Waals surface area contributed by atoms with Crippen LogP contribution in [0.4, 0.5) is 5.82 Å². The van der Waals surface area contributed by atoms with Crippen molar-refractivity contribution in [3.8, 4) is 0 Å². The highest BCUT2D eigenvalue weighted by Gasteiger charge is 2.57. The molecule has 1 aromatic rings. The Morgan fingerprint density at radius 1 is 1.44 bits per heavy atom. The van der Waals surface area contributed by atoms with E-state index in [9.17, 15) is 14.4 Å². The van der Waals surface area contributed by atoms with Gasteiger partial charge in [0.25, 0.3) is 5.56 Å². The first kappa shape index (κ1) is 10.3. The monoisotopic (exact) mass is 223 g/mol. The van der Waals surface area contributed by atoms with Crippen LogP contribution in [0.3, 0.4) is 0 Å². The van der Waals surface area contributed by atoms with Crippen LogP contribution < -0.4 is 10.9 Å². The minimum Gasteiger partial charge on any atom is -0.480 e. The van der Waals surface area contributed by atoms with Crippen molar-refractivity contribution >= 4 is 17.7 Å². The maximum atomic E-state index is 11.6. The van der Waals surface area contributed by atoms with Crippen molar-refractivity contribution in [3.63, 3.8) is 0 Å². The molecule has 7 heteroatoms. The molecule has 3 N–H and O–H groups in total. The molecule has 0 atom stereocenters. The fraction of sp³-hybridized carbons (Fsp3) is 0.333. The average Bonchev–Trinajstić information content (AvgIpc) is 3.02. The van der Waals surface area contributed by atoms with Crippen molar-refractivity contribution in [1.29, 1.82) is 0 Å². The summed E-state index contributed by atoms with van der Waals surface area (Å²) >= 11 is 0. The zero-order valence-corrected chi connectivity index (χ0v) is 8.19. The molecule has 0 unspecified atom stereocenters. The fourth-order valence-electron chi connectivity index (χ4n) is 1.31. The summed E-state index contributed by atoms with van der Waals surface area (Å²) < 4.78 is 0. The molecule has 1 aliphatic carbocycles. The standard InChI is InChI=1S/C9H9N3O4/c13-6-2-1-5(11-12-6)10-7(14)9(3-4-9)8(15)16/h1-2H,3-4H2,(H,12,13)(H,15,16)(H,10,11,14). The SMILES string of the molecule is O=C(O)C1(C(=O)Nc2ccc(=O)[nH]n2)CC1. The number of carboxylic acids is 1. The quantitative estimate of drug-likeness (QED) is 0.602. The van der Waals surface area contributed by atoms with Gasteiger partial charge in [-0.05, 0) is 18.9 Å². The van der Waals surface area contributed by atoms with Crippen molar-refractivity contribution in [2.75, 3.05) is 5.32 Å². The van der Waals surface area contributed by atoms with Gasteiger partial charge in [-0.3, -0.25) is 14.4 Å². The third-order valence-corrected chi connectivity index (χ3v) is 2.51. The lowest BCUT2D eigenvalue weighted by Gasteiger charge is -2.09. The van der Waals surface area contributed by atoms with Crippen molar-refractivity contribution in [2.24, 2.45) is 5.41 Å². The van der Waals surface area contributed by atoms with E-state index in [4.69, 9.17) is 5.11 Å². The van der Waals surface area contributed by atoms with Crippen LogP contribution >= 0.6 is 0 Å². The Morgan fingerprint density at radius 3 is 2.56 bits per heavy atom. The molecule has 0 aliphatic heterocycles. The summed E-state index contributed by atoms with van der Waals surface area (Å²) in [5.41, 5.74) is -1.70. The van der Waals surface area contributed by atoms with Gasteiger partial charge in [0.1, 0.15) is 5.41 Å². The molecule has 1 aliphatic rings. The number of carboxylic acid groups (broad SMARTS) is 1. The minimum absolute atomic E-state index is 0.136.